The monoisotopic (exact) mass is 481 g/mol. The van der Waals surface area contributed by atoms with Crippen molar-refractivity contribution >= 4 is 0 Å². The van der Waals surface area contributed by atoms with Crippen molar-refractivity contribution in [2.75, 3.05) is 27.2 Å². The number of benzene rings is 1. The van der Waals surface area contributed by atoms with Crippen molar-refractivity contribution in [2.45, 2.75) is 87.0 Å². The number of rotatable bonds is 7. The highest BCUT2D eigenvalue weighted by atomic mass is 16.8. The normalized spacial score (nSPS) is 44.4. The van der Waals surface area contributed by atoms with Gasteiger partial charge in [0, 0.05) is 13.0 Å². The quantitative estimate of drug-likeness (QED) is 0.227. The van der Waals surface area contributed by atoms with Gasteiger partial charge < -0.3 is 50.6 Å². The standard InChI is InChI=1S/C24H39N3O7/c1-13-5-7-15(8-6-13)9-10-27-12-23(30)11-14(2)32-22-24(23,31)34-20-17(26-4)18(28)16(25-3)19(29)21(20)33-22/h5-8,14,16-22,25-31H,9-12H2,1-4H3/t14-,16-,17+,18+,19+,20-,21-,22+,23-,24-/m1/s1. The Balaban J connectivity index is 1.50. The summed E-state index contributed by atoms with van der Waals surface area (Å²) >= 11 is 0. The first-order valence-electron chi connectivity index (χ1n) is 12.0. The maximum absolute atomic E-state index is 11.7. The maximum atomic E-state index is 11.7. The number of nitrogens with one attached hydrogen (secondary N) is 3. The highest BCUT2D eigenvalue weighted by Gasteiger charge is 2.68. The van der Waals surface area contributed by atoms with Crippen molar-refractivity contribution in [3.63, 3.8) is 0 Å². The van der Waals surface area contributed by atoms with Gasteiger partial charge >= 0.3 is 0 Å². The van der Waals surface area contributed by atoms with E-state index in [1.54, 1.807) is 21.0 Å². The first-order valence-corrected chi connectivity index (χ1v) is 12.0. The fraction of sp³-hybridized carbons (Fsp3) is 0.750. The van der Waals surface area contributed by atoms with Gasteiger partial charge in [0.1, 0.15) is 23.9 Å². The number of likely N-dealkylation sites (N-methyl/N-ethyl adjacent to an activating group) is 2. The molecule has 2 aliphatic heterocycles. The first-order chi connectivity index (χ1) is 16.1. The molecule has 7 N–H and O–H groups in total. The molecule has 0 aromatic heterocycles. The minimum atomic E-state index is -2.20. The van der Waals surface area contributed by atoms with E-state index < -0.39 is 60.3 Å². The minimum Gasteiger partial charge on any atom is -0.390 e. The zero-order valence-corrected chi connectivity index (χ0v) is 20.3. The van der Waals surface area contributed by atoms with Crippen LogP contribution in [0, 0.1) is 6.92 Å². The van der Waals surface area contributed by atoms with Gasteiger partial charge in [-0.05, 0) is 46.5 Å². The van der Waals surface area contributed by atoms with Gasteiger partial charge in [0.2, 0.25) is 12.1 Å². The molecule has 0 bridgehead atoms. The molecule has 0 radical (unpaired) electrons. The van der Waals surface area contributed by atoms with Crippen LogP contribution in [-0.2, 0) is 20.6 Å². The van der Waals surface area contributed by atoms with Gasteiger partial charge in [-0.2, -0.15) is 0 Å². The van der Waals surface area contributed by atoms with Crippen molar-refractivity contribution < 1.29 is 34.6 Å². The lowest BCUT2D eigenvalue weighted by Crippen LogP contribution is -2.81. The lowest BCUT2D eigenvalue weighted by atomic mass is 9.77. The van der Waals surface area contributed by atoms with E-state index in [4.69, 9.17) is 14.2 Å². The van der Waals surface area contributed by atoms with Crippen LogP contribution in [0.3, 0.4) is 0 Å². The highest BCUT2D eigenvalue weighted by molar-refractivity contribution is 5.21. The number of aryl methyl sites for hydroxylation is 1. The summed E-state index contributed by atoms with van der Waals surface area (Å²) < 4.78 is 18.0. The summed E-state index contributed by atoms with van der Waals surface area (Å²) in [5.74, 6) is -2.20. The van der Waals surface area contributed by atoms with Crippen LogP contribution in [0.25, 0.3) is 0 Å². The molecule has 1 aromatic carbocycles. The van der Waals surface area contributed by atoms with E-state index in [2.05, 4.69) is 40.2 Å². The van der Waals surface area contributed by atoms with E-state index in [0.29, 0.717) is 6.54 Å². The van der Waals surface area contributed by atoms with E-state index in [1.807, 2.05) is 6.92 Å². The van der Waals surface area contributed by atoms with Crippen molar-refractivity contribution in [3.8, 4) is 0 Å². The van der Waals surface area contributed by atoms with Crippen molar-refractivity contribution in [3.05, 3.63) is 35.4 Å². The Bertz CT molecular complexity index is 829. The molecule has 0 unspecified atom stereocenters. The SMILES string of the molecule is CN[C@@H]1[C@H](O)[C@H](NC)[C@H]2O[C@]3(O)[C@H](O[C@@H]2[C@H]1O)O[C@H](C)C[C@@]3(O)CNCCc1ccc(C)cc1. The number of hydrogen-bond acceptors (Lipinski definition) is 10. The molecule has 1 aliphatic carbocycles. The van der Waals surface area contributed by atoms with Crippen LogP contribution in [-0.4, -0.2) is 108 Å². The van der Waals surface area contributed by atoms with Crippen LogP contribution in [0.4, 0.5) is 0 Å². The Morgan fingerprint density at radius 2 is 1.65 bits per heavy atom. The second-order valence-corrected chi connectivity index (χ2v) is 9.92. The zero-order valence-electron chi connectivity index (χ0n) is 20.3. The molecule has 1 aromatic rings. The molecule has 2 heterocycles. The van der Waals surface area contributed by atoms with Crippen LogP contribution in [0.5, 0.6) is 0 Å². The Hall–Kier alpha value is -1.18. The lowest BCUT2D eigenvalue weighted by Gasteiger charge is -2.60. The molecule has 10 atom stereocenters. The van der Waals surface area contributed by atoms with Gasteiger partial charge in [-0.15, -0.1) is 0 Å². The molecule has 1 saturated carbocycles. The van der Waals surface area contributed by atoms with E-state index in [-0.39, 0.29) is 13.0 Å². The van der Waals surface area contributed by atoms with Crippen molar-refractivity contribution in [1.82, 2.24) is 16.0 Å². The van der Waals surface area contributed by atoms with E-state index in [0.717, 1.165) is 6.42 Å². The van der Waals surface area contributed by atoms with Crippen LogP contribution in [0.1, 0.15) is 24.5 Å². The lowest BCUT2D eigenvalue weighted by molar-refractivity contribution is -0.482. The Morgan fingerprint density at radius 1 is 0.971 bits per heavy atom. The second-order valence-electron chi connectivity index (χ2n) is 9.92. The molecule has 0 spiro atoms. The number of aliphatic hydroxyl groups excluding tert-OH is 2. The molecule has 2 saturated heterocycles. The summed E-state index contributed by atoms with van der Waals surface area (Å²) in [5.41, 5.74) is 0.645. The van der Waals surface area contributed by atoms with Gasteiger partial charge in [-0.1, -0.05) is 29.8 Å². The summed E-state index contributed by atoms with van der Waals surface area (Å²) in [6.07, 6.45) is -4.77. The van der Waals surface area contributed by atoms with E-state index >= 15 is 0 Å². The third-order valence-electron chi connectivity index (χ3n) is 7.48. The zero-order chi connectivity index (χ0) is 24.7. The van der Waals surface area contributed by atoms with Crippen LogP contribution < -0.4 is 16.0 Å². The average molecular weight is 482 g/mol. The van der Waals surface area contributed by atoms with Gasteiger partial charge in [0.25, 0.3) is 0 Å². The molecule has 4 rings (SSSR count). The Labute approximate surface area is 200 Å². The molecule has 3 aliphatic rings. The fourth-order valence-electron chi connectivity index (χ4n) is 5.51. The largest absolute Gasteiger partial charge is 0.390 e. The van der Waals surface area contributed by atoms with Gasteiger partial charge in [0.15, 0.2) is 0 Å². The Kier molecular flexibility index (Phi) is 7.66. The third-order valence-corrected chi connectivity index (χ3v) is 7.48. The summed E-state index contributed by atoms with van der Waals surface area (Å²) in [7, 11) is 3.30. The predicted molar refractivity (Wildman–Crippen MR) is 124 cm³/mol. The number of fused-ring (bicyclic) bond motifs is 2. The summed E-state index contributed by atoms with van der Waals surface area (Å²) in [6, 6.07) is 6.93. The molecule has 34 heavy (non-hydrogen) atoms. The minimum absolute atomic E-state index is 0.0504. The van der Waals surface area contributed by atoms with Crippen molar-refractivity contribution in [1.29, 1.82) is 0 Å². The molecule has 10 heteroatoms. The van der Waals surface area contributed by atoms with E-state index in [9.17, 15) is 20.4 Å². The molecule has 3 fully saturated rings. The predicted octanol–water partition coefficient (Wildman–Crippen LogP) is -1.62. The topological polar surface area (TPSA) is 145 Å². The second kappa shape index (κ2) is 10.1. The summed E-state index contributed by atoms with van der Waals surface area (Å²) in [6.45, 7) is 4.48. The highest BCUT2D eigenvalue weighted by Crippen LogP contribution is 2.46. The molecular weight excluding hydrogens is 442 g/mol. The van der Waals surface area contributed by atoms with Gasteiger partial charge in [0.05, 0.1) is 24.3 Å². The Morgan fingerprint density at radius 3 is 2.29 bits per heavy atom. The maximum Gasteiger partial charge on any atom is 0.249 e. The molecule has 0 amide bonds. The summed E-state index contributed by atoms with van der Waals surface area (Å²) in [4.78, 5) is 0. The van der Waals surface area contributed by atoms with Crippen LogP contribution in [0.2, 0.25) is 0 Å². The van der Waals surface area contributed by atoms with Crippen LogP contribution in [0.15, 0.2) is 24.3 Å². The van der Waals surface area contributed by atoms with E-state index in [1.165, 1.54) is 11.1 Å². The van der Waals surface area contributed by atoms with Crippen molar-refractivity contribution in [2.24, 2.45) is 0 Å². The number of ether oxygens (including phenoxy) is 3. The fourth-order valence-corrected chi connectivity index (χ4v) is 5.51. The number of aliphatic hydroxyl groups is 4. The molecular formula is C24H39N3O7. The molecule has 10 nitrogen and oxygen atoms in total. The summed E-state index contributed by atoms with van der Waals surface area (Å²) in [5, 5.41) is 54.1. The van der Waals surface area contributed by atoms with Crippen LogP contribution >= 0.6 is 0 Å². The van der Waals surface area contributed by atoms with Gasteiger partial charge in [-0.3, -0.25) is 0 Å². The number of hydrogen-bond donors (Lipinski definition) is 7. The molecule has 192 valence electrons. The van der Waals surface area contributed by atoms with Gasteiger partial charge in [-0.25, -0.2) is 0 Å². The average Bonchev–Trinajstić information content (AvgIpc) is 2.79. The first kappa shape index (κ1) is 25.9. The third kappa shape index (κ3) is 4.53. The smallest absolute Gasteiger partial charge is 0.249 e.